The van der Waals surface area contributed by atoms with Crippen molar-refractivity contribution in [2.75, 3.05) is 17.2 Å². The van der Waals surface area contributed by atoms with Gasteiger partial charge in [0.25, 0.3) is 5.91 Å². The number of rotatable bonds is 6. The maximum absolute atomic E-state index is 12.7. The molecule has 3 aromatic rings. The van der Waals surface area contributed by atoms with Crippen LogP contribution in [0.5, 0.6) is 5.75 Å². The number of para-hydroxylation sites is 1. The summed E-state index contributed by atoms with van der Waals surface area (Å²) < 4.78 is 43.5. The quantitative estimate of drug-likeness (QED) is 0.591. The predicted octanol–water partition coefficient (Wildman–Crippen LogP) is 5.47. The Kier molecular flexibility index (Phi) is 5.84. The molecule has 0 fully saturated rings. The van der Waals surface area contributed by atoms with Gasteiger partial charge in [0, 0.05) is 17.1 Å². The van der Waals surface area contributed by atoms with Crippen LogP contribution in [0, 0.1) is 0 Å². The predicted molar refractivity (Wildman–Crippen MR) is 102 cm³/mol. The molecule has 3 aromatic carbocycles. The van der Waals surface area contributed by atoms with E-state index in [9.17, 15) is 18.0 Å². The van der Waals surface area contributed by atoms with E-state index >= 15 is 0 Å². The molecule has 0 atom stereocenters. The second-order valence-corrected chi connectivity index (χ2v) is 5.93. The Hall–Kier alpha value is -3.48. The van der Waals surface area contributed by atoms with Crippen molar-refractivity contribution < 1.29 is 22.7 Å². The summed E-state index contributed by atoms with van der Waals surface area (Å²) in [6, 6.07) is 21.1. The van der Waals surface area contributed by atoms with Crippen molar-refractivity contribution in [3.8, 4) is 5.75 Å². The van der Waals surface area contributed by atoms with Crippen molar-refractivity contribution in [1.29, 1.82) is 0 Å². The second-order valence-electron chi connectivity index (χ2n) is 5.93. The maximum Gasteiger partial charge on any atom is 0.416 e. The van der Waals surface area contributed by atoms with E-state index in [1.165, 1.54) is 12.1 Å². The minimum Gasteiger partial charge on any atom is -0.484 e. The molecule has 2 N–H and O–H groups in total. The van der Waals surface area contributed by atoms with E-state index in [4.69, 9.17) is 4.74 Å². The van der Waals surface area contributed by atoms with E-state index in [0.29, 0.717) is 5.75 Å². The lowest BCUT2D eigenvalue weighted by molar-refractivity contribution is -0.137. The molecule has 3 rings (SSSR count). The van der Waals surface area contributed by atoms with Gasteiger partial charge in [-0.15, -0.1) is 0 Å². The molecule has 0 radical (unpaired) electrons. The first-order valence-electron chi connectivity index (χ1n) is 8.42. The highest BCUT2D eigenvalue weighted by atomic mass is 19.4. The molecule has 0 heterocycles. The van der Waals surface area contributed by atoms with E-state index in [1.807, 2.05) is 30.3 Å². The Morgan fingerprint density at radius 1 is 0.821 bits per heavy atom. The van der Waals surface area contributed by atoms with Crippen molar-refractivity contribution in [1.82, 2.24) is 0 Å². The van der Waals surface area contributed by atoms with Crippen LogP contribution in [-0.4, -0.2) is 12.5 Å². The average molecular weight is 386 g/mol. The molecule has 0 aromatic heterocycles. The molecule has 144 valence electrons. The highest BCUT2D eigenvalue weighted by molar-refractivity contribution is 5.92. The first kappa shape index (κ1) is 19.3. The molecule has 28 heavy (non-hydrogen) atoms. The van der Waals surface area contributed by atoms with E-state index in [2.05, 4.69) is 10.6 Å². The van der Waals surface area contributed by atoms with Gasteiger partial charge in [0.15, 0.2) is 6.61 Å². The van der Waals surface area contributed by atoms with Crippen LogP contribution in [0.2, 0.25) is 0 Å². The summed E-state index contributed by atoms with van der Waals surface area (Å²) in [5, 5.41) is 5.61. The van der Waals surface area contributed by atoms with Crippen LogP contribution in [0.3, 0.4) is 0 Å². The van der Waals surface area contributed by atoms with E-state index < -0.39 is 17.6 Å². The van der Waals surface area contributed by atoms with Crippen molar-refractivity contribution in [3.05, 3.63) is 84.4 Å². The summed E-state index contributed by atoms with van der Waals surface area (Å²) in [7, 11) is 0. The first-order valence-corrected chi connectivity index (χ1v) is 8.42. The fraction of sp³-hybridized carbons (Fsp3) is 0.0952. The van der Waals surface area contributed by atoms with Crippen LogP contribution in [0.1, 0.15) is 5.56 Å². The summed E-state index contributed by atoms with van der Waals surface area (Å²) in [4.78, 5) is 11.9. The van der Waals surface area contributed by atoms with Gasteiger partial charge in [0.2, 0.25) is 0 Å². The third kappa shape index (κ3) is 5.51. The number of alkyl halides is 3. The van der Waals surface area contributed by atoms with Crippen LogP contribution >= 0.6 is 0 Å². The Labute approximate surface area is 160 Å². The number of benzene rings is 3. The van der Waals surface area contributed by atoms with Crippen LogP contribution in [0.4, 0.5) is 30.2 Å². The third-order valence-electron chi connectivity index (χ3n) is 3.76. The Balaban J connectivity index is 1.52. The lowest BCUT2D eigenvalue weighted by atomic mass is 10.2. The maximum atomic E-state index is 12.7. The molecule has 0 spiro atoms. The highest BCUT2D eigenvalue weighted by Crippen LogP contribution is 2.30. The first-order chi connectivity index (χ1) is 13.4. The number of carbonyl (C=O) groups is 1. The van der Waals surface area contributed by atoms with Crippen molar-refractivity contribution in [3.63, 3.8) is 0 Å². The number of nitrogens with one attached hydrogen (secondary N) is 2. The van der Waals surface area contributed by atoms with Gasteiger partial charge in [0.1, 0.15) is 5.75 Å². The Bertz CT molecular complexity index is 926. The zero-order chi connectivity index (χ0) is 20.0. The lowest BCUT2D eigenvalue weighted by Crippen LogP contribution is -2.20. The minimum absolute atomic E-state index is 0.0610. The van der Waals surface area contributed by atoms with Crippen LogP contribution in [-0.2, 0) is 11.0 Å². The van der Waals surface area contributed by atoms with Crippen LogP contribution in [0.25, 0.3) is 0 Å². The number of halogens is 3. The van der Waals surface area contributed by atoms with Crippen molar-refractivity contribution >= 4 is 23.0 Å². The van der Waals surface area contributed by atoms with Gasteiger partial charge in [-0.3, -0.25) is 4.79 Å². The van der Waals surface area contributed by atoms with E-state index in [-0.39, 0.29) is 12.3 Å². The molecule has 0 unspecified atom stereocenters. The molecule has 0 saturated heterocycles. The van der Waals surface area contributed by atoms with Gasteiger partial charge >= 0.3 is 6.18 Å². The fourth-order valence-electron chi connectivity index (χ4n) is 2.44. The lowest BCUT2D eigenvalue weighted by Gasteiger charge is -2.11. The summed E-state index contributed by atoms with van der Waals surface area (Å²) >= 11 is 0. The fourth-order valence-corrected chi connectivity index (χ4v) is 2.44. The topological polar surface area (TPSA) is 50.4 Å². The molecule has 0 aliphatic heterocycles. The van der Waals surface area contributed by atoms with Crippen molar-refractivity contribution in [2.24, 2.45) is 0 Å². The molecule has 7 heteroatoms. The molecule has 0 saturated carbocycles. The average Bonchev–Trinajstić information content (AvgIpc) is 2.68. The molecule has 0 bridgehead atoms. The van der Waals surface area contributed by atoms with Gasteiger partial charge in [-0.05, 0) is 54.6 Å². The van der Waals surface area contributed by atoms with E-state index in [0.717, 1.165) is 23.5 Å². The monoisotopic (exact) mass is 386 g/mol. The van der Waals surface area contributed by atoms with Crippen LogP contribution in [0.15, 0.2) is 78.9 Å². The van der Waals surface area contributed by atoms with Gasteiger partial charge in [-0.25, -0.2) is 0 Å². The van der Waals surface area contributed by atoms with Gasteiger partial charge in [0.05, 0.1) is 5.56 Å². The molecule has 0 aliphatic rings. The number of carbonyl (C=O) groups excluding carboxylic acids is 1. The summed E-state index contributed by atoms with van der Waals surface area (Å²) in [5.41, 5.74) is 1.03. The number of amides is 1. The second kappa shape index (κ2) is 8.47. The van der Waals surface area contributed by atoms with Crippen molar-refractivity contribution in [2.45, 2.75) is 6.18 Å². The molecule has 4 nitrogen and oxygen atoms in total. The standard InChI is InChI=1S/C21H17F3N2O2/c22-21(23,24)15-5-4-8-18(13-15)26-20(27)14-28-19-11-9-17(10-12-19)25-16-6-2-1-3-7-16/h1-13,25H,14H2,(H,26,27). The van der Waals surface area contributed by atoms with Gasteiger partial charge in [-0.2, -0.15) is 13.2 Å². The number of hydrogen-bond donors (Lipinski definition) is 2. The third-order valence-corrected chi connectivity index (χ3v) is 3.76. The van der Waals surface area contributed by atoms with Gasteiger partial charge in [-0.1, -0.05) is 24.3 Å². The Morgan fingerprint density at radius 3 is 2.14 bits per heavy atom. The SMILES string of the molecule is O=C(COc1ccc(Nc2ccccc2)cc1)Nc1cccc(C(F)(F)F)c1. The largest absolute Gasteiger partial charge is 0.484 e. The van der Waals surface area contributed by atoms with E-state index in [1.54, 1.807) is 24.3 Å². The van der Waals surface area contributed by atoms with Gasteiger partial charge < -0.3 is 15.4 Å². The Morgan fingerprint density at radius 2 is 1.46 bits per heavy atom. The highest BCUT2D eigenvalue weighted by Gasteiger charge is 2.30. The zero-order valence-corrected chi connectivity index (χ0v) is 14.7. The molecular weight excluding hydrogens is 369 g/mol. The summed E-state index contributed by atoms with van der Waals surface area (Å²) in [5.74, 6) is -0.0800. The molecule has 0 aliphatic carbocycles. The minimum atomic E-state index is -4.47. The smallest absolute Gasteiger partial charge is 0.416 e. The molecular formula is C21H17F3N2O2. The summed E-state index contributed by atoms with van der Waals surface area (Å²) in [6.07, 6.45) is -4.47. The number of hydrogen-bond acceptors (Lipinski definition) is 3. The number of ether oxygens (including phenoxy) is 1. The summed E-state index contributed by atoms with van der Waals surface area (Å²) in [6.45, 7) is -0.318. The molecule has 1 amide bonds. The zero-order valence-electron chi connectivity index (χ0n) is 14.7. The number of anilines is 3. The van der Waals surface area contributed by atoms with Crippen LogP contribution < -0.4 is 15.4 Å². The normalized spacial score (nSPS) is 11.0.